The lowest BCUT2D eigenvalue weighted by molar-refractivity contribution is 0.102. The van der Waals surface area contributed by atoms with Crippen LogP contribution in [-0.4, -0.2) is 19.3 Å². The van der Waals surface area contributed by atoms with Crippen molar-refractivity contribution >= 4 is 23.0 Å². The number of benzene rings is 3. The number of ether oxygens (including phenoxy) is 3. The van der Waals surface area contributed by atoms with Crippen LogP contribution in [0.2, 0.25) is 0 Å². The number of hydrogen-bond acceptors (Lipinski definition) is 5. The first-order chi connectivity index (χ1) is 13.7. The number of nitrogens with one attached hydrogen (secondary N) is 2. The molecule has 6 nitrogen and oxygen atoms in total. The van der Waals surface area contributed by atoms with E-state index in [1.807, 2.05) is 55.5 Å². The zero-order valence-corrected chi connectivity index (χ0v) is 15.4. The van der Waals surface area contributed by atoms with Crippen molar-refractivity contribution in [2.75, 3.05) is 24.0 Å². The first kappa shape index (κ1) is 17.7. The van der Waals surface area contributed by atoms with Crippen molar-refractivity contribution in [1.82, 2.24) is 0 Å². The molecule has 3 aromatic carbocycles. The van der Waals surface area contributed by atoms with Crippen LogP contribution in [0.1, 0.15) is 17.3 Å². The summed E-state index contributed by atoms with van der Waals surface area (Å²) in [5, 5.41) is 6.21. The number of amides is 1. The molecule has 6 heteroatoms. The van der Waals surface area contributed by atoms with Gasteiger partial charge in [0.25, 0.3) is 5.91 Å². The molecule has 0 atom stereocenters. The van der Waals surface area contributed by atoms with Crippen LogP contribution < -0.4 is 24.8 Å². The van der Waals surface area contributed by atoms with Crippen molar-refractivity contribution in [1.29, 1.82) is 0 Å². The lowest BCUT2D eigenvalue weighted by Gasteiger charge is -2.13. The topological polar surface area (TPSA) is 68.8 Å². The van der Waals surface area contributed by atoms with Crippen LogP contribution in [-0.2, 0) is 0 Å². The summed E-state index contributed by atoms with van der Waals surface area (Å²) in [5.74, 6) is 1.82. The minimum atomic E-state index is -0.208. The molecule has 3 aromatic rings. The van der Waals surface area contributed by atoms with E-state index in [4.69, 9.17) is 14.2 Å². The summed E-state index contributed by atoms with van der Waals surface area (Å²) in [6, 6.07) is 20.4. The molecule has 0 spiro atoms. The maximum Gasteiger partial charge on any atom is 0.255 e. The van der Waals surface area contributed by atoms with Gasteiger partial charge in [-0.1, -0.05) is 12.1 Å². The summed E-state index contributed by atoms with van der Waals surface area (Å²) in [7, 11) is 0. The normalized spacial score (nSPS) is 11.8. The van der Waals surface area contributed by atoms with Crippen molar-refractivity contribution in [2.45, 2.75) is 6.92 Å². The van der Waals surface area contributed by atoms with Crippen LogP contribution in [0.5, 0.6) is 17.2 Å². The van der Waals surface area contributed by atoms with Crippen LogP contribution >= 0.6 is 0 Å². The quantitative estimate of drug-likeness (QED) is 0.646. The van der Waals surface area contributed by atoms with Crippen molar-refractivity contribution in [2.24, 2.45) is 0 Å². The Labute approximate surface area is 163 Å². The Morgan fingerprint density at radius 2 is 1.71 bits per heavy atom. The molecule has 2 N–H and O–H groups in total. The third-order valence-electron chi connectivity index (χ3n) is 4.24. The van der Waals surface area contributed by atoms with E-state index in [0.717, 1.165) is 17.1 Å². The molecule has 0 saturated carbocycles. The highest BCUT2D eigenvalue weighted by molar-refractivity contribution is 6.04. The molecule has 0 unspecified atom stereocenters. The van der Waals surface area contributed by atoms with Gasteiger partial charge < -0.3 is 24.8 Å². The van der Waals surface area contributed by atoms with E-state index < -0.39 is 0 Å². The van der Waals surface area contributed by atoms with Crippen molar-refractivity contribution in [3.63, 3.8) is 0 Å². The van der Waals surface area contributed by atoms with Gasteiger partial charge in [0.2, 0.25) is 6.79 Å². The molecule has 0 aliphatic carbocycles. The van der Waals surface area contributed by atoms with Crippen LogP contribution in [0.3, 0.4) is 0 Å². The number of rotatable bonds is 6. The Bertz CT molecular complexity index is 986. The van der Waals surface area contributed by atoms with E-state index >= 15 is 0 Å². The molecule has 142 valence electrons. The molecule has 1 aliphatic heterocycles. The molecule has 0 saturated heterocycles. The highest BCUT2D eigenvalue weighted by Gasteiger charge is 2.16. The largest absolute Gasteiger partial charge is 0.492 e. The fourth-order valence-corrected chi connectivity index (χ4v) is 2.88. The molecular weight excluding hydrogens is 356 g/mol. The summed E-state index contributed by atoms with van der Waals surface area (Å²) in [6.07, 6.45) is 0. The number of fused-ring (bicyclic) bond motifs is 1. The third-order valence-corrected chi connectivity index (χ3v) is 4.24. The Morgan fingerprint density at radius 1 is 0.964 bits per heavy atom. The summed E-state index contributed by atoms with van der Waals surface area (Å²) >= 11 is 0. The Hall–Kier alpha value is -3.67. The van der Waals surface area contributed by atoms with E-state index in [-0.39, 0.29) is 12.7 Å². The van der Waals surface area contributed by atoms with Crippen LogP contribution in [0, 0.1) is 0 Å². The highest BCUT2D eigenvalue weighted by Crippen LogP contribution is 2.33. The smallest absolute Gasteiger partial charge is 0.255 e. The zero-order valence-electron chi connectivity index (χ0n) is 15.4. The molecule has 0 fully saturated rings. The minimum Gasteiger partial charge on any atom is -0.492 e. The predicted molar refractivity (Wildman–Crippen MR) is 108 cm³/mol. The number of carbonyl (C=O) groups excluding carboxylic acids is 1. The van der Waals surface area contributed by atoms with Gasteiger partial charge in [-0.15, -0.1) is 0 Å². The first-order valence-corrected chi connectivity index (χ1v) is 9.03. The lowest BCUT2D eigenvalue weighted by Crippen LogP contribution is -2.11. The third kappa shape index (κ3) is 3.86. The summed E-state index contributed by atoms with van der Waals surface area (Å²) < 4.78 is 16.2. The maximum atomic E-state index is 12.5. The molecular formula is C22H20N2O4. The number of para-hydroxylation sites is 2. The minimum absolute atomic E-state index is 0.182. The predicted octanol–water partition coefficient (Wildman–Crippen LogP) is 4.81. The zero-order chi connectivity index (χ0) is 19.3. The Morgan fingerprint density at radius 3 is 2.54 bits per heavy atom. The second kappa shape index (κ2) is 7.92. The monoisotopic (exact) mass is 376 g/mol. The van der Waals surface area contributed by atoms with Gasteiger partial charge in [-0.25, -0.2) is 0 Å². The van der Waals surface area contributed by atoms with Gasteiger partial charge in [0.15, 0.2) is 11.5 Å². The molecule has 0 bridgehead atoms. The second-order valence-electron chi connectivity index (χ2n) is 6.15. The fourth-order valence-electron chi connectivity index (χ4n) is 2.88. The fraction of sp³-hybridized carbons (Fsp3) is 0.136. The van der Waals surface area contributed by atoms with Gasteiger partial charge in [0.05, 0.1) is 12.3 Å². The molecule has 4 rings (SSSR count). The Balaban J connectivity index is 1.43. The van der Waals surface area contributed by atoms with Gasteiger partial charge in [-0.05, 0) is 61.5 Å². The average molecular weight is 376 g/mol. The van der Waals surface area contributed by atoms with Gasteiger partial charge in [-0.2, -0.15) is 0 Å². The van der Waals surface area contributed by atoms with Crippen LogP contribution in [0.25, 0.3) is 0 Å². The molecule has 1 amide bonds. The molecule has 0 aromatic heterocycles. The van der Waals surface area contributed by atoms with Crippen LogP contribution in [0.15, 0.2) is 66.7 Å². The SMILES string of the molecule is CCOc1ccccc1Nc1ccc(NC(=O)c2ccc3c(c2)OCO3)cc1. The Kier molecular flexibility index (Phi) is 5.01. The standard InChI is InChI=1S/C22H20N2O4/c1-2-26-19-6-4-3-5-18(19)23-16-8-10-17(11-9-16)24-22(25)15-7-12-20-21(13-15)28-14-27-20/h3-13,23H,2,14H2,1H3,(H,24,25). The number of carbonyl (C=O) groups is 1. The van der Waals surface area contributed by atoms with Gasteiger partial charge in [0.1, 0.15) is 5.75 Å². The van der Waals surface area contributed by atoms with Crippen LogP contribution in [0.4, 0.5) is 17.1 Å². The van der Waals surface area contributed by atoms with E-state index in [1.54, 1.807) is 18.2 Å². The molecule has 1 heterocycles. The van der Waals surface area contributed by atoms with Crippen molar-refractivity contribution in [3.05, 3.63) is 72.3 Å². The average Bonchev–Trinajstić information content (AvgIpc) is 3.19. The van der Waals surface area contributed by atoms with E-state index in [0.29, 0.717) is 29.4 Å². The second-order valence-corrected chi connectivity index (χ2v) is 6.15. The van der Waals surface area contributed by atoms with Gasteiger partial charge in [0, 0.05) is 16.9 Å². The molecule has 0 radical (unpaired) electrons. The number of hydrogen-bond donors (Lipinski definition) is 2. The van der Waals surface area contributed by atoms with E-state index in [2.05, 4.69) is 10.6 Å². The molecule has 28 heavy (non-hydrogen) atoms. The number of anilines is 3. The first-order valence-electron chi connectivity index (χ1n) is 9.03. The van der Waals surface area contributed by atoms with E-state index in [1.165, 1.54) is 0 Å². The molecule has 1 aliphatic rings. The highest BCUT2D eigenvalue weighted by atomic mass is 16.7. The maximum absolute atomic E-state index is 12.5. The summed E-state index contributed by atoms with van der Waals surface area (Å²) in [4.78, 5) is 12.5. The van der Waals surface area contributed by atoms with E-state index in [9.17, 15) is 4.79 Å². The lowest BCUT2D eigenvalue weighted by atomic mass is 10.2. The van der Waals surface area contributed by atoms with Gasteiger partial charge in [-0.3, -0.25) is 4.79 Å². The summed E-state index contributed by atoms with van der Waals surface area (Å²) in [6.45, 7) is 2.74. The van der Waals surface area contributed by atoms with Gasteiger partial charge >= 0.3 is 0 Å². The van der Waals surface area contributed by atoms with Crippen molar-refractivity contribution < 1.29 is 19.0 Å². The summed E-state index contributed by atoms with van der Waals surface area (Å²) in [5.41, 5.74) is 3.00. The van der Waals surface area contributed by atoms with Crippen molar-refractivity contribution in [3.8, 4) is 17.2 Å².